The molecule has 90 valence electrons. The summed E-state index contributed by atoms with van der Waals surface area (Å²) >= 11 is 0. The first kappa shape index (κ1) is 10.8. The highest BCUT2D eigenvalue weighted by atomic mass is 16.5. The molecule has 0 fully saturated rings. The number of rotatable bonds is 2. The van der Waals surface area contributed by atoms with Gasteiger partial charge in [-0.3, -0.25) is 4.79 Å². The van der Waals surface area contributed by atoms with Crippen molar-refractivity contribution in [2.45, 2.75) is 6.04 Å². The maximum absolute atomic E-state index is 11.4. The van der Waals surface area contributed by atoms with Crippen LogP contribution in [0.5, 0.6) is 11.5 Å². The zero-order valence-corrected chi connectivity index (χ0v) is 9.59. The van der Waals surface area contributed by atoms with Gasteiger partial charge >= 0.3 is 0 Å². The normalized spacial score (nSPS) is 17.2. The van der Waals surface area contributed by atoms with E-state index >= 15 is 0 Å². The highest BCUT2D eigenvalue weighted by Gasteiger charge is 2.27. The summed E-state index contributed by atoms with van der Waals surface area (Å²) < 4.78 is 5.69. The van der Waals surface area contributed by atoms with Crippen LogP contribution in [0.2, 0.25) is 0 Å². The Morgan fingerprint density at radius 2 is 1.83 bits per heavy atom. The average Bonchev–Trinajstić information content (AvgIpc) is 2.67. The summed E-state index contributed by atoms with van der Waals surface area (Å²) in [6, 6.07) is 14.3. The number of ether oxygens (including phenoxy) is 1. The SMILES string of the molecule is NC1C(=O)Nc2ccc(Oc3ccccc3)cc21. The molecule has 4 heteroatoms. The number of hydrogen-bond acceptors (Lipinski definition) is 3. The first-order valence-corrected chi connectivity index (χ1v) is 5.67. The second kappa shape index (κ2) is 4.16. The molecule has 1 aliphatic heterocycles. The zero-order chi connectivity index (χ0) is 12.5. The number of anilines is 1. The van der Waals surface area contributed by atoms with Gasteiger partial charge in [0.1, 0.15) is 17.5 Å². The fourth-order valence-electron chi connectivity index (χ4n) is 1.95. The van der Waals surface area contributed by atoms with E-state index < -0.39 is 6.04 Å². The van der Waals surface area contributed by atoms with Crippen LogP contribution in [0.25, 0.3) is 0 Å². The quantitative estimate of drug-likeness (QED) is 0.847. The van der Waals surface area contributed by atoms with Crippen molar-refractivity contribution < 1.29 is 9.53 Å². The van der Waals surface area contributed by atoms with Gasteiger partial charge in [0.25, 0.3) is 0 Å². The molecular weight excluding hydrogens is 228 g/mol. The van der Waals surface area contributed by atoms with Crippen molar-refractivity contribution in [2.24, 2.45) is 5.73 Å². The lowest BCUT2D eigenvalue weighted by atomic mass is 10.1. The monoisotopic (exact) mass is 240 g/mol. The largest absolute Gasteiger partial charge is 0.457 e. The lowest BCUT2D eigenvalue weighted by Gasteiger charge is -2.08. The van der Waals surface area contributed by atoms with Crippen molar-refractivity contribution in [1.82, 2.24) is 0 Å². The Morgan fingerprint density at radius 3 is 2.61 bits per heavy atom. The zero-order valence-electron chi connectivity index (χ0n) is 9.59. The standard InChI is InChI=1S/C14H12N2O2/c15-13-11-8-10(6-7-12(11)16-14(13)17)18-9-4-2-1-3-5-9/h1-8,13H,15H2,(H,16,17). The van der Waals surface area contributed by atoms with Gasteiger partial charge in [-0.25, -0.2) is 0 Å². The Morgan fingerprint density at radius 1 is 1.06 bits per heavy atom. The lowest BCUT2D eigenvalue weighted by molar-refractivity contribution is -0.116. The minimum atomic E-state index is -0.612. The maximum atomic E-state index is 11.4. The van der Waals surface area contributed by atoms with Gasteiger partial charge in [0, 0.05) is 11.3 Å². The molecule has 0 aromatic heterocycles. The molecule has 0 aliphatic carbocycles. The van der Waals surface area contributed by atoms with Gasteiger partial charge in [-0.15, -0.1) is 0 Å². The summed E-state index contributed by atoms with van der Waals surface area (Å²) in [5.74, 6) is 1.25. The van der Waals surface area contributed by atoms with Gasteiger partial charge in [-0.05, 0) is 30.3 Å². The van der Waals surface area contributed by atoms with Crippen LogP contribution < -0.4 is 15.8 Å². The van der Waals surface area contributed by atoms with Crippen LogP contribution in [0.4, 0.5) is 5.69 Å². The Labute approximate surface area is 104 Å². The number of nitrogens with one attached hydrogen (secondary N) is 1. The fraction of sp³-hybridized carbons (Fsp3) is 0.0714. The maximum Gasteiger partial charge on any atom is 0.245 e. The molecule has 3 rings (SSSR count). The summed E-state index contributed by atoms with van der Waals surface area (Å²) in [7, 11) is 0. The third-order valence-electron chi connectivity index (χ3n) is 2.88. The minimum Gasteiger partial charge on any atom is -0.457 e. The summed E-state index contributed by atoms with van der Waals surface area (Å²) in [6.07, 6.45) is 0. The van der Waals surface area contributed by atoms with Crippen LogP contribution in [0, 0.1) is 0 Å². The van der Waals surface area contributed by atoms with Crippen molar-refractivity contribution >= 4 is 11.6 Å². The van der Waals surface area contributed by atoms with Crippen LogP contribution in [-0.4, -0.2) is 5.91 Å². The average molecular weight is 240 g/mol. The van der Waals surface area contributed by atoms with Crippen molar-refractivity contribution in [2.75, 3.05) is 5.32 Å². The van der Waals surface area contributed by atoms with E-state index in [9.17, 15) is 4.79 Å². The first-order chi connectivity index (χ1) is 8.74. The molecule has 0 bridgehead atoms. The minimum absolute atomic E-state index is 0.179. The van der Waals surface area contributed by atoms with Crippen LogP contribution in [0.15, 0.2) is 48.5 Å². The van der Waals surface area contributed by atoms with Gasteiger partial charge in [0.2, 0.25) is 5.91 Å². The molecule has 3 N–H and O–H groups in total. The summed E-state index contributed by atoms with van der Waals surface area (Å²) in [5.41, 5.74) is 7.31. The Kier molecular flexibility index (Phi) is 2.50. The van der Waals surface area contributed by atoms with Crippen LogP contribution in [-0.2, 0) is 4.79 Å². The number of nitrogens with two attached hydrogens (primary N) is 1. The van der Waals surface area contributed by atoms with Crippen molar-refractivity contribution in [3.8, 4) is 11.5 Å². The van der Waals surface area contributed by atoms with Crippen molar-refractivity contribution in [3.63, 3.8) is 0 Å². The third-order valence-corrected chi connectivity index (χ3v) is 2.88. The third kappa shape index (κ3) is 1.83. The Hall–Kier alpha value is -2.33. The predicted octanol–water partition coefficient (Wildman–Crippen LogP) is 2.43. The fourth-order valence-corrected chi connectivity index (χ4v) is 1.95. The molecule has 2 aromatic carbocycles. The number of benzene rings is 2. The van der Waals surface area contributed by atoms with E-state index in [0.29, 0.717) is 5.75 Å². The van der Waals surface area contributed by atoms with Gasteiger partial charge in [0.15, 0.2) is 0 Å². The van der Waals surface area contributed by atoms with E-state index in [-0.39, 0.29) is 5.91 Å². The number of carbonyl (C=O) groups excluding carboxylic acids is 1. The van der Waals surface area contributed by atoms with E-state index in [0.717, 1.165) is 17.0 Å². The molecule has 0 saturated heterocycles. The van der Waals surface area contributed by atoms with Gasteiger partial charge < -0.3 is 15.8 Å². The second-order valence-corrected chi connectivity index (χ2v) is 4.13. The number of para-hydroxylation sites is 1. The highest BCUT2D eigenvalue weighted by Crippen LogP contribution is 2.33. The highest BCUT2D eigenvalue weighted by molar-refractivity contribution is 6.02. The molecular formula is C14H12N2O2. The molecule has 2 aromatic rings. The van der Waals surface area contributed by atoms with E-state index in [1.54, 1.807) is 12.1 Å². The molecule has 1 aliphatic rings. The molecule has 1 unspecified atom stereocenters. The lowest BCUT2D eigenvalue weighted by Crippen LogP contribution is -2.19. The molecule has 4 nitrogen and oxygen atoms in total. The van der Waals surface area contributed by atoms with Crippen molar-refractivity contribution in [3.05, 3.63) is 54.1 Å². The molecule has 18 heavy (non-hydrogen) atoms. The smallest absolute Gasteiger partial charge is 0.245 e. The molecule has 1 atom stereocenters. The van der Waals surface area contributed by atoms with Gasteiger partial charge in [-0.2, -0.15) is 0 Å². The predicted molar refractivity (Wildman–Crippen MR) is 68.5 cm³/mol. The molecule has 0 spiro atoms. The van der Waals surface area contributed by atoms with Gasteiger partial charge in [0.05, 0.1) is 0 Å². The van der Waals surface area contributed by atoms with Gasteiger partial charge in [-0.1, -0.05) is 18.2 Å². The summed E-state index contributed by atoms with van der Waals surface area (Å²) in [6.45, 7) is 0. The van der Waals surface area contributed by atoms with E-state index in [4.69, 9.17) is 10.5 Å². The summed E-state index contributed by atoms with van der Waals surface area (Å²) in [5, 5.41) is 2.72. The van der Waals surface area contributed by atoms with E-state index in [1.807, 2.05) is 36.4 Å². The Balaban J connectivity index is 1.90. The number of hydrogen-bond donors (Lipinski definition) is 2. The van der Waals surface area contributed by atoms with E-state index in [1.165, 1.54) is 0 Å². The topological polar surface area (TPSA) is 64.4 Å². The van der Waals surface area contributed by atoms with E-state index in [2.05, 4.69) is 5.32 Å². The molecule has 0 radical (unpaired) electrons. The van der Waals surface area contributed by atoms with Crippen LogP contribution in [0.1, 0.15) is 11.6 Å². The number of amides is 1. The molecule has 1 heterocycles. The first-order valence-electron chi connectivity index (χ1n) is 5.67. The van der Waals surface area contributed by atoms with Crippen LogP contribution >= 0.6 is 0 Å². The Bertz CT molecular complexity index is 596. The number of carbonyl (C=O) groups is 1. The summed E-state index contributed by atoms with van der Waals surface area (Å²) in [4.78, 5) is 11.4. The molecule has 1 amide bonds. The van der Waals surface area contributed by atoms with Crippen LogP contribution in [0.3, 0.4) is 0 Å². The molecule has 0 saturated carbocycles. The number of fused-ring (bicyclic) bond motifs is 1. The van der Waals surface area contributed by atoms with Crippen molar-refractivity contribution in [1.29, 1.82) is 0 Å². The second-order valence-electron chi connectivity index (χ2n) is 4.13.